The van der Waals surface area contributed by atoms with E-state index in [1.165, 1.54) is 42.1 Å². The lowest BCUT2D eigenvalue weighted by Gasteiger charge is -2.30. The zero-order valence-corrected chi connectivity index (χ0v) is 12.8. The molecule has 2 aliphatic rings. The minimum Gasteiger partial charge on any atom is -0.473 e. The Bertz CT molecular complexity index is 698. The molecular formula is C12H13N3O4S2. The number of hydrogen-bond donors (Lipinski definition) is 2. The second kappa shape index (κ2) is 5.32. The van der Waals surface area contributed by atoms with Gasteiger partial charge in [0.2, 0.25) is 0 Å². The van der Waals surface area contributed by atoms with Crippen molar-refractivity contribution < 1.29 is 19.8 Å². The summed E-state index contributed by atoms with van der Waals surface area (Å²) < 4.78 is 8.82. The monoisotopic (exact) mass is 327 g/mol. The summed E-state index contributed by atoms with van der Waals surface area (Å²) in [5.74, 6) is -3.65. The molecule has 112 valence electrons. The second-order valence-electron chi connectivity index (χ2n) is 5.08. The van der Waals surface area contributed by atoms with Crippen LogP contribution in [0.25, 0.3) is 10.3 Å². The van der Waals surface area contributed by atoms with Crippen LogP contribution in [-0.2, 0) is 16.0 Å². The highest BCUT2D eigenvalue weighted by Crippen LogP contribution is 2.48. The second-order valence-corrected chi connectivity index (χ2v) is 6.70. The summed E-state index contributed by atoms with van der Waals surface area (Å²) in [4.78, 5) is 23.4. The van der Waals surface area contributed by atoms with E-state index in [4.69, 9.17) is 19.8 Å². The molecule has 7 nitrogen and oxygen atoms in total. The lowest BCUT2D eigenvalue weighted by atomic mass is 10.0. The van der Waals surface area contributed by atoms with Crippen LogP contribution in [0.2, 0.25) is 0 Å². The van der Waals surface area contributed by atoms with E-state index in [9.17, 15) is 0 Å². The molecule has 2 aliphatic heterocycles. The molecule has 0 saturated carbocycles. The summed E-state index contributed by atoms with van der Waals surface area (Å²) in [6.45, 7) is 0. The quantitative estimate of drug-likeness (QED) is 0.708. The molecule has 1 fully saturated rings. The van der Waals surface area contributed by atoms with Gasteiger partial charge in [-0.3, -0.25) is 4.90 Å². The van der Waals surface area contributed by atoms with E-state index in [0.29, 0.717) is 6.04 Å². The van der Waals surface area contributed by atoms with Crippen molar-refractivity contribution in [3.8, 4) is 0 Å². The molecule has 21 heavy (non-hydrogen) atoms. The van der Waals surface area contributed by atoms with Crippen LogP contribution in [0.1, 0.15) is 29.3 Å². The normalized spacial score (nSPS) is 23.5. The Morgan fingerprint density at radius 1 is 1.24 bits per heavy atom. The largest absolute Gasteiger partial charge is 0.473 e. The third-order valence-electron chi connectivity index (χ3n) is 4.01. The third kappa shape index (κ3) is 2.41. The summed E-state index contributed by atoms with van der Waals surface area (Å²) in [6.07, 6.45) is 3.87. The molecule has 2 bridgehead atoms. The molecule has 2 unspecified atom stereocenters. The van der Waals surface area contributed by atoms with Gasteiger partial charge in [-0.2, -0.15) is 8.75 Å². The Morgan fingerprint density at radius 2 is 1.95 bits per heavy atom. The van der Waals surface area contributed by atoms with Gasteiger partial charge in [-0.1, -0.05) is 0 Å². The van der Waals surface area contributed by atoms with E-state index in [2.05, 4.69) is 20.7 Å². The Morgan fingerprint density at radius 3 is 2.62 bits per heavy atom. The molecule has 2 aromatic heterocycles. The first-order valence-corrected chi connectivity index (χ1v) is 7.95. The zero-order valence-electron chi connectivity index (χ0n) is 11.1. The number of carboxylic acids is 2. The molecule has 0 aromatic carbocycles. The van der Waals surface area contributed by atoms with Crippen molar-refractivity contribution in [3.05, 3.63) is 10.4 Å². The van der Waals surface area contributed by atoms with Gasteiger partial charge in [-0.25, -0.2) is 9.59 Å². The molecule has 0 amide bonds. The minimum absolute atomic E-state index is 0.622. The average molecular weight is 327 g/mol. The molecule has 2 aromatic rings. The minimum atomic E-state index is -1.82. The summed E-state index contributed by atoms with van der Waals surface area (Å²) in [7, 11) is 2.26. The van der Waals surface area contributed by atoms with Crippen LogP contribution >= 0.6 is 23.1 Å². The Balaban J connectivity index is 0.000000192. The van der Waals surface area contributed by atoms with Crippen molar-refractivity contribution in [1.29, 1.82) is 0 Å². The van der Waals surface area contributed by atoms with Crippen molar-refractivity contribution in [2.24, 2.45) is 0 Å². The first-order chi connectivity index (χ1) is 9.99. The lowest BCUT2D eigenvalue weighted by molar-refractivity contribution is -0.159. The van der Waals surface area contributed by atoms with Gasteiger partial charge in [0.1, 0.15) is 5.52 Å². The van der Waals surface area contributed by atoms with Crippen LogP contribution in [0.4, 0.5) is 0 Å². The fourth-order valence-electron chi connectivity index (χ4n) is 3.03. The van der Waals surface area contributed by atoms with Gasteiger partial charge in [0.25, 0.3) is 0 Å². The molecule has 0 aliphatic carbocycles. The smallest absolute Gasteiger partial charge is 0.414 e. The molecule has 0 radical (unpaired) electrons. The molecule has 9 heteroatoms. The van der Waals surface area contributed by atoms with Crippen LogP contribution in [0.5, 0.6) is 0 Å². The SMILES string of the molecule is CN1C2CCC1c1c(sc3nsnc13)C2.O=C(O)C(=O)O. The van der Waals surface area contributed by atoms with Crippen molar-refractivity contribution in [3.63, 3.8) is 0 Å². The number of rotatable bonds is 0. The van der Waals surface area contributed by atoms with Crippen molar-refractivity contribution in [2.75, 3.05) is 7.05 Å². The number of aromatic nitrogens is 2. The van der Waals surface area contributed by atoms with E-state index < -0.39 is 11.9 Å². The standard InChI is InChI=1S/C10H11N3S2.C2H2O4/c1-13-5-2-3-6(13)8-7(4-5)14-10-9(8)11-15-12-10;3-1(4)2(5)6/h5-6H,2-4H2,1H3;(H,3,4)(H,5,6). The Labute approximate surface area is 128 Å². The fraction of sp³-hybridized carbons (Fsp3) is 0.500. The van der Waals surface area contributed by atoms with Crippen LogP contribution in [0, 0.1) is 0 Å². The van der Waals surface area contributed by atoms with Crippen molar-refractivity contribution in [1.82, 2.24) is 13.6 Å². The Hall–Kier alpha value is -1.58. The number of carboxylic acid groups (broad SMARTS) is 2. The first kappa shape index (κ1) is 14.4. The van der Waals surface area contributed by atoms with Gasteiger partial charge >= 0.3 is 11.9 Å². The van der Waals surface area contributed by atoms with Crippen LogP contribution in [0.3, 0.4) is 0 Å². The predicted molar refractivity (Wildman–Crippen MR) is 77.8 cm³/mol. The average Bonchev–Trinajstić information content (AvgIpc) is 3.05. The summed E-state index contributed by atoms with van der Waals surface area (Å²) in [5, 5.41) is 14.8. The van der Waals surface area contributed by atoms with Gasteiger partial charge in [-0.15, -0.1) is 11.3 Å². The zero-order chi connectivity index (χ0) is 15.1. The molecule has 4 heterocycles. The van der Waals surface area contributed by atoms with E-state index >= 15 is 0 Å². The predicted octanol–water partition coefficient (Wildman–Crippen LogP) is 1.60. The van der Waals surface area contributed by atoms with Gasteiger partial charge in [0.15, 0.2) is 4.83 Å². The molecule has 1 saturated heterocycles. The van der Waals surface area contributed by atoms with Gasteiger partial charge < -0.3 is 10.2 Å². The van der Waals surface area contributed by atoms with Crippen LogP contribution < -0.4 is 0 Å². The maximum Gasteiger partial charge on any atom is 0.414 e. The van der Waals surface area contributed by atoms with Crippen molar-refractivity contribution in [2.45, 2.75) is 31.3 Å². The van der Waals surface area contributed by atoms with Gasteiger partial charge in [0, 0.05) is 22.5 Å². The van der Waals surface area contributed by atoms with E-state index in [1.807, 2.05) is 11.3 Å². The highest BCUT2D eigenvalue weighted by atomic mass is 32.1. The molecule has 2 atom stereocenters. The fourth-order valence-corrected chi connectivity index (χ4v) is 4.91. The van der Waals surface area contributed by atoms with Crippen LogP contribution in [0.15, 0.2) is 0 Å². The number of carbonyl (C=O) groups is 2. The highest BCUT2D eigenvalue weighted by Gasteiger charge is 2.40. The number of aliphatic carboxylic acids is 2. The van der Waals surface area contributed by atoms with E-state index in [1.54, 1.807) is 4.88 Å². The number of hydrogen-bond acceptors (Lipinski definition) is 7. The third-order valence-corrected chi connectivity index (χ3v) is 5.77. The molecule has 4 rings (SSSR count). The van der Waals surface area contributed by atoms with Crippen LogP contribution in [-0.4, -0.2) is 48.9 Å². The van der Waals surface area contributed by atoms with Crippen molar-refractivity contribution >= 4 is 45.4 Å². The lowest BCUT2D eigenvalue weighted by Crippen LogP contribution is -2.33. The number of nitrogens with zero attached hydrogens (tertiary/aromatic N) is 3. The summed E-state index contributed by atoms with van der Waals surface area (Å²) in [5.41, 5.74) is 2.69. The Kier molecular flexibility index (Phi) is 3.64. The highest BCUT2D eigenvalue weighted by molar-refractivity contribution is 7.20. The molecular weight excluding hydrogens is 314 g/mol. The first-order valence-electron chi connectivity index (χ1n) is 6.41. The van der Waals surface area contributed by atoms with E-state index in [0.717, 1.165) is 10.9 Å². The van der Waals surface area contributed by atoms with Gasteiger partial charge in [-0.05, 0) is 26.3 Å². The summed E-state index contributed by atoms with van der Waals surface area (Å²) in [6, 6.07) is 1.39. The van der Waals surface area contributed by atoms with Gasteiger partial charge in [0.05, 0.1) is 11.7 Å². The number of likely N-dealkylation sites (N-methyl/N-ethyl adjacent to an activating group) is 1. The molecule has 2 N–H and O–H groups in total. The molecule has 0 spiro atoms. The number of fused-ring (bicyclic) bond motifs is 6. The maximum atomic E-state index is 9.10. The maximum absolute atomic E-state index is 9.10. The summed E-state index contributed by atoms with van der Waals surface area (Å²) >= 11 is 3.22. The van der Waals surface area contributed by atoms with E-state index in [-0.39, 0.29) is 0 Å². The number of thiophene rings is 1. The topological polar surface area (TPSA) is 104 Å².